The molecule has 0 heterocycles. The van der Waals surface area contributed by atoms with Crippen molar-refractivity contribution in [3.05, 3.63) is 29.8 Å². The van der Waals surface area contributed by atoms with E-state index in [-0.39, 0.29) is 17.7 Å². The molecule has 5 nitrogen and oxygen atoms in total. The molecule has 5 heteroatoms. The molecule has 1 aromatic carbocycles. The third kappa shape index (κ3) is 6.30. The molecule has 128 valence electrons. The smallest absolute Gasteiger partial charge is 0.251 e. The van der Waals surface area contributed by atoms with Gasteiger partial charge in [-0.15, -0.1) is 0 Å². The number of hydrogen-bond donors (Lipinski definition) is 2. The second-order valence-electron chi connectivity index (χ2n) is 5.80. The Bertz CT molecular complexity index is 497. The Balaban J connectivity index is 2.67. The lowest BCUT2D eigenvalue weighted by Crippen LogP contribution is -2.49. The summed E-state index contributed by atoms with van der Waals surface area (Å²) in [6, 6.07) is 6.37. The van der Waals surface area contributed by atoms with Crippen LogP contribution in [0.1, 0.15) is 50.9 Å². The second kappa shape index (κ2) is 9.87. The molecule has 0 fully saturated rings. The number of carbonyl (C=O) groups is 2. The maximum absolute atomic E-state index is 12.3. The van der Waals surface area contributed by atoms with Crippen molar-refractivity contribution in [2.24, 2.45) is 5.92 Å². The van der Waals surface area contributed by atoms with Gasteiger partial charge in [0.1, 0.15) is 11.8 Å². The van der Waals surface area contributed by atoms with E-state index < -0.39 is 6.04 Å². The highest BCUT2D eigenvalue weighted by Crippen LogP contribution is 2.13. The fourth-order valence-electron chi connectivity index (χ4n) is 2.13. The van der Waals surface area contributed by atoms with Crippen LogP contribution in [0.5, 0.6) is 5.75 Å². The van der Waals surface area contributed by atoms with E-state index in [0.29, 0.717) is 18.7 Å². The van der Waals surface area contributed by atoms with Gasteiger partial charge in [-0.05, 0) is 43.5 Å². The first-order valence-corrected chi connectivity index (χ1v) is 8.31. The van der Waals surface area contributed by atoms with Crippen LogP contribution in [0.3, 0.4) is 0 Å². The summed E-state index contributed by atoms with van der Waals surface area (Å²) in [7, 11) is 0. The predicted octanol–water partition coefficient (Wildman–Crippen LogP) is 2.76. The molecule has 0 radical (unpaired) electrons. The minimum atomic E-state index is -0.536. The van der Waals surface area contributed by atoms with Gasteiger partial charge in [-0.1, -0.05) is 27.2 Å². The molecule has 0 saturated heterocycles. The van der Waals surface area contributed by atoms with Gasteiger partial charge in [-0.3, -0.25) is 9.59 Å². The molecular weight excluding hydrogens is 292 g/mol. The van der Waals surface area contributed by atoms with Crippen molar-refractivity contribution in [3.8, 4) is 5.75 Å². The van der Waals surface area contributed by atoms with E-state index in [0.717, 1.165) is 18.6 Å². The number of amides is 2. The van der Waals surface area contributed by atoms with Crippen LogP contribution in [0, 0.1) is 5.92 Å². The first kappa shape index (κ1) is 19.0. The van der Waals surface area contributed by atoms with Gasteiger partial charge in [0.25, 0.3) is 5.91 Å². The lowest BCUT2D eigenvalue weighted by molar-refractivity contribution is -0.123. The quantitative estimate of drug-likeness (QED) is 0.688. The Morgan fingerprint density at radius 1 is 1.13 bits per heavy atom. The molecule has 0 spiro atoms. The van der Waals surface area contributed by atoms with Crippen molar-refractivity contribution in [2.75, 3.05) is 13.2 Å². The maximum atomic E-state index is 12.3. The lowest BCUT2D eigenvalue weighted by atomic mass is 10.0. The van der Waals surface area contributed by atoms with E-state index in [1.54, 1.807) is 24.3 Å². The van der Waals surface area contributed by atoms with Crippen molar-refractivity contribution in [2.45, 2.75) is 46.6 Å². The number of nitrogens with one attached hydrogen (secondary N) is 2. The molecule has 2 amide bonds. The summed E-state index contributed by atoms with van der Waals surface area (Å²) in [5, 5.41) is 5.69. The summed E-state index contributed by atoms with van der Waals surface area (Å²) in [6.07, 6.45) is 1.95. The van der Waals surface area contributed by atoms with Crippen molar-refractivity contribution < 1.29 is 14.3 Å². The maximum Gasteiger partial charge on any atom is 0.251 e. The summed E-state index contributed by atoms with van der Waals surface area (Å²) < 4.78 is 5.36. The van der Waals surface area contributed by atoms with Crippen LogP contribution >= 0.6 is 0 Å². The Morgan fingerprint density at radius 2 is 1.78 bits per heavy atom. The summed E-state index contributed by atoms with van der Waals surface area (Å²) in [5.74, 6) is 0.357. The van der Waals surface area contributed by atoms with E-state index >= 15 is 0 Å². The monoisotopic (exact) mass is 320 g/mol. The Kier molecular flexibility index (Phi) is 8.16. The Hall–Kier alpha value is -2.04. The van der Waals surface area contributed by atoms with Gasteiger partial charge >= 0.3 is 0 Å². The largest absolute Gasteiger partial charge is 0.494 e. The third-order valence-corrected chi connectivity index (χ3v) is 3.49. The summed E-state index contributed by atoms with van der Waals surface area (Å²) >= 11 is 0. The molecule has 1 aromatic rings. The van der Waals surface area contributed by atoms with Crippen molar-refractivity contribution in [3.63, 3.8) is 0 Å². The van der Waals surface area contributed by atoms with E-state index in [9.17, 15) is 9.59 Å². The molecule has 0 aliphatic heterocycles. The summed E-state index contributed by atoms with van der Waals surface area (Å²) in [6.45, 7) is 9.03. The lowest BCUT2D eigenvalue weighted by Gasteiger charge is -2.21. The fraction of sp³-hybridized carbons (Fsp3) is 0.556. The average molecular weight is 320 g/mol. The topological polar surface area (TPSA) is 67.4 Å². The van der Waals surface area contributed by atoms with Crippen LogP contribution < -0.4 is 15.4 Å². The van der Waals surface area contributed by atoms with Gasteiger partial charge < -0.3 is 15.4 Å². The number of rotatable bonds is 9. The molecular formula is C18H28N2O3. The van der Waals surface area contributed by atoms with Gasteiger partial charge in [0.2, 0.25) is 5.91 Å². The SMILES string of the molecule is CCCCNC(=O)[C@H](NC(=O)c1ccc(OCC)cc1)C(C)C. The van der Waals surface area contributed by atoms with Crippen molar-refractivity contribution in [1.82, 2.24) is 10.6 Å². The van der Waals surface area contributed by atoms with Gasteiger partial charge in [0.05, 0.1) is 6.61 Å². The molecule has 0 aliphatic rings. The van der Waals surface area contributed by atoms with Gasteiger partial charge in [-0.2, -0.15) is 0 Å². The molecule has 0 aromatic heterocycles. The van der Waals surface area contributed by atoms with Crippen LogP contribution in [0.4, 0.5) is 0 Å². The van der Waals surface area contributed by atoms with Crippen LogP contribution in [-0.4, -0.2) is 31.0 Å². The zero-order valence-corrected chi connectivity index (χ0v) is 14.5. The van der Waals surface area contributed by atoms with E-state index in [1.807, 2.05) is 20.8 Å². The Labute approximate surface area is 138 Å². The predicted molar refractivity (Wildman–Crippen MR) is 91.6 cm³/mol. The van der Waals surface area contributed by atoms with Gasteiger partial charge in [0.15, 0.2) is 0 Å². The highest BCUT2D eigenvalue weighted by molar-refractivity contribution is 5.97. The van der Waals surface area contributed by atoms with E-state index in [2.05, 4.69) is 17.6 Å². The number of ether oxygens (including phenoxy) is 1. The zero-order chi connectivity index (χ0) is 17.2. The standard InChI is InChI=1S/C18H28N2O3/c1-5-7-12-19-18(22)16(13(3)4)20-17(21)14-8-10-15(11-9-14)23-6-2/h8-11,13,16H,5-7,12H2,1-4H3,(H,19,22)(H,20,21)/t16-/m1/s1. The van der Waals surface area contributed by atoms with Crippen molar-refractivity contribution >= 4 is 11.8 Å². The van der Waals surface area contributed by atoms with Crippen LogP contribution in [0.25, 0.3) is 0 Å². The molecule has 0 unspecified atom stereocenters. The van der Waals surface area contributed by atoms with Crippen LogP contribution in [0.2, 0.25) is 0 Å². The first-order valence-electron chi connectivity index (χ1n) is 8.31. The number of benzene rings is 1. The van der Waals surface area contributed by atoms with Gasteiger partial charge in [0, 0.05) is 12.1 Å². The zero-order valence-electron chi connectivity index (χ0n) is 14.5. The van der Waals surface area contributed by atoms with Gasteiger partial charge in [-0.25, -0.2) is 0 Å². The normalized spacial score (nSPS) is 11.9. The fourth-order valence-corrected chi connectivity index (χ4v) is 2.13. The number of carbonyl (C=O) groups excluding carboxylic acids is 2. The number of hydrogen-bond acceptors (Lipinski definition) is 3. The molecule has 2 N–H and O–H groups in total. The second-order valence-corrected chi connectivity index (χ2v) is 5.80. The average Bonchev–Trinajstić information content (AvgIpc) is 2.53. The highest BCUT2D eigenvalue weighted by atomic mass is 16.5. The molecule has 0 bridgehead atoms. The van der Waals surface area contributed by atoms with Crippen LogP contribution in [-0.2, 0) is 4.79 Å². The molecule has 1 atom stereocenters. The van der Waals surface area contributed by atoms with E-state index in [4.69, 9.17) is 4.74 Å². The number of unbranched alkanes of at least 4 members (excludes halogenated alkanes) is 1. The molecule has 0 saturated carbocycles. The minimum Gasteiger partial charge on any atom is -0.494 e. The summed E-state index contributed by atoms with van der Waals surface area (Å²) in [5.41, 5.74) is 0.514. The van der Waals surface area contributed by atoms with Crippen LogP contribution in [0.15, 0.2) is 24.3 Å². The minimum absolute atomic E-state index is 0.0169. The van der Waals surface area contributed by atoms with Crippen molar-refractivity contribution in [1.29, 1.82) is 0 Å². The molecule has 0 aliphatic carbocycles. The highest BCUT2D eigenvalue weighted by Gasteiger charge is 2.24. The third-order valence-electron chi connectivity index (χ3n) is 3.49. The molecule has 23 heavy (non-hydrogen) atoms. The first-order chi connectivity index (χ1) is 11.0. The molecule has 1 rings (SSSR count). The Morgan fingerprint density at radius 3 is 2.30 bits per heavy atom. The summed E-state index contributed by atoms with van der Waals surface area (Å²) in [4.78, 5) is 24.6. The van der Waals surface area contributed by atoms with E-state index in [1.165, 1.54) is 0 Å².